The minimum absolute atomic E-state index is 0.0261. The highest BCUT2D eigenvalue weighted by Gasteiger charge is 2.27. The van der Waals surface area contributed by atoms with Crippen LogP contribution in [0.15, 0.2) is 17.1 Å². The Labute approximate surface area is 148 Å². The Balaban J connectivity index is 1.89. The van der Waals surface area contributed by atoms with Crippen molar-refractivity contribution in [1.29, 1.82) is 0 Å². The minimum atomic E-state index is -0.227. The zero-order valence-electron chi connectivity index (χ0n) is 13.5. The number of fused-ring (bicyclic) bond motifs is 1. The van der Waals surface area contributed by atoms with E-state index >= 15 is 0 Å². The molecule has 2 aromatic heterocycles. The van der Waals surface area contributed by atoms with Gasteiger partial charge in [-0.25, -0.2) is 4.68 Å². The first kappa shape index (κ1) is 16.5. The number of nitrogens with zero attached hydrogens (tertiary/aromatic N) is 3. The second-order valence-electron chi connectivity index (χ2n) is 6.73. The second kappa shape index (κ2) is 6.26. The summed E-state index contributed by atoms with van der Waals surface area (Å²) in [4.78, 5) is 24.7. The van der Waals surface area contributed by atoms with Gasteiger partial charge in [0.05, 0.1) is 0 Å². The number of hydrogen-bond acceptors (Lipinski definition) is 3. The molecule has 1 N–H and O–H groups in total. The van der Waals surface area contributed by atoms with Crippen LogP contribution < -0.4 is 10.9 Å². The molecule has 1 saturated carbocycles. The van der Waals surface area contributed by atoms with Crippen molar-refractivity contribution in [2.24, 2.45) is 5.92 Å². The summed E-state index contributed by atoms with van der Waals surface area (Å²) in [6, 6.07) is 2.08. The van der Waals surface area contributed by atoms with E-state index in [9.17, 15) is 9.59 Å². The summed E-state index contributed by atoms with van der Waals surface area (Å²) in [5.74, 6) is 1.47. The van der Waals surface area contributed by atoms with E-state index in [1.807, 2.05) is 30.5 Å². The molecule has 1 aliphatic carbocycles. The van der Waals surface area contributed by atoms with Crippen LogP contribution in [0.5, 0.6) is 0 Å². The summed E-state index contributed by atoms with van der Waals surface area (Å²) >= 11 is 2.18. The van der Waals surface area contributed by atoms with Crippen molar-refractivity contribution in [3.8, 4) is 0 Å². The van der Waals surface area contributed by atoms with Gasteiger partial charge in [0, 0.05) is 21.7 Å². The van der Waals surface area contributed by atoms with Gasteiger partial charge in [0.25, 0.3) is 5.56 Å². The average Bonchev–Trinajstić information content (AvgIpc) is 2.82. The quantitative estimate of drug-likeness (QED) is 0.759. The fourth-order valence-electron chi connectivity index (χ4n) is 3.06. The smallest absolute Gasteiger partial charge is 0.291 e. The van der Waals surface area contributed by atoms with Crippen LogP contribution in [0.3, 0.4) is 0 Å². The highest BCUT2D eigenvalue weighted by atomic mass is 127. The van der Waals surface area contributed by atoms with Crippen molar-refractivity contribution < 1.29 is 4.79 Å². The molecule has 124 valence electrons. The molecule has 0 bridgehead atoms. The van der Waals surface area contributed by atoms with Crippen LogP contribution in [-0.2, 0) is 11.3 Å². The number of nitrogens with one attached hydrogen (secondary N) is 1. The summed E-state index contributed by atoms with van der Waals surface area (Å²) < 4.78 is 4.10. The van der Waals surface area contributed by atoms with E-state index in [2.05, 4.69) is 39.9 Å². The second-order valence-corrected chi connectivity index (χ2v) is 7.98. The molecule has 1 amide bonds. The zero-order valence-corrected chi connectivity index (χ0v) is 15.7. The number of amides is 1. The van der Waals surface area contributed by atoms with Crippen molar-refractivity contribution in [2.45, 2.75) is 52.1 Å². The zero-order chi connectivity index (χ0) is 16.7. The SMILES string of the molecule is CC(C)c1nn(CC(=O)N[C@H]2C[C@H](C)C2)c(=O)c2cc(I)cn12. The van der Waals surface area contributed by atoms with E-state index in [1.54, 1.807) is 0 Å². The minimum Gasteiger partial charge on any atom is -0.352 e. The maximum atomic E-state index is 12.6. The standard InChI is InChI=1S/C16H21IN4O2/c1-9(2)15-19-21(8-14(22)18-12-4-10(3)5-12)16(23)13-6-11(17)7-20(13)15/h6-7,9-10,12H,4-5,8H2,1-3H3,(H,18,22)/t10-,12-. The predicted octanol–water partition coefficient (Wildman–Crippen LogP) is 2.14. The Morgan fingerprint density at radius 3 is 2.78 bits per heavy atom. The number of hydrogen-bond donors (Lipinski definition) is 1. The summed E-state index contributed by atoms with van der Waals surface area (Å²) in [5, 5.41) is 7.40. The van der Waals surface area contributed by atoms with Crippen LogP contribution in [0.25, 0.3) is 5.52 Å². The number of halogens is 1. The average molecular weight is 428 g/mol. The number of carbonyl (C=O) groups is 1. The number of carbonyl (C=O) groups excluding carboxylic acids is 1. The van der Waals surface area contributed by atoms with E-state index in [-0.39, 0.29) is 30.0 Å². The molecule has 0 unspecified atom stereocenters. The first-order valence-electron chi connectivity index (χ1n) is 7.93. The maximum Gasteiger partial charge on any atom is 0.291 e. The monoisotopic (exact) mass is 428 g/mol. The molecule has 0 aliphatic heterocycles. The van der Waals surface area contributed by atoms with Gasteiger partial charge in [0.1, 0.15) is 17.9 Å². The highest BCUT2D eigenvalue weighted by Crippen LogP contribution is 2.26. The molecule has 0 radical (unpaired) electrons. The van der Waals surface area contributed by atoms with Crippen LogP contribution in [0.2, 0.25) is 0 Å². The molecule has 23 heavy (non-hydrogen) atoms. The normalized spacial score (nSPS) is 20.7. The molecular formula is C16H21IN4O2. The van der Waals surface area contributed by atoms with Gasteiger partial charge < -0.3 is 5.32 Å². The molecule has 2 heterocycles. The molecule has 3 rings (SSSR count). The molecule has 1 fully saturated rings. The van der Waals surface area contributed by atoms with Gasteiger partial charge in [-0.2, -0.15) is 5.10 Å². The Morgan fingerprint density at radius 2 is 2.17 bits per heavy atom. The lowest BCUT2D eigenvalue weighted by molar-refractivity contribution is -0.123. The fourth-order valence-corrected chi connectivity index (χ4v) is 3.64. The summed E-state index contributed by atoms with van der Waals surface area (Å²) in [6.07, 6.45) is 3.93. The Morgan fingerprint density at radius 1 is 1.48 bits per heavy atom. The van der Waals surface area contributed by atoms with Gasteiger partial charge in [-0.3, -0.25) is 14.0 Å². The summed E-state index contributed by atoms with van der Waals surface area (Å²) in [5.41, 5.74) is 0.340. The summed E-state index contributed by atoms with van der Waals surface area (Å²) in [7, 11) is 0. The Kier molecular flexibility index (Phi) is 4.48. The van der Waals surface area contributed by atoms with Crippen molar-refractivity contribution in [3.63, 3.8) is 0 Å². The van der Waals surface area contributed by atoms with Gasteiger partial charge in [0.2, 0.25) is 5.91 Å². The van der Waals surface area contributed by atoms with Gasteiger partial charge in [0.15, 0.2) is 0 Å². The largest absolute Gasteiger partial charge is 0.352 e. The summed E-state index contributed by atoms with van der Waals surface area (Å²) in [6.45, 7) is 6.20. The third-order valence-electron chi connectivity index (χ3n) is 4.26. The van der Waals surface area contributed by atoms with Crippen molar-refractivity contribution in [3.05, 3.63) is 32.0 Å². The van der Waals surface area contributed by atoms with Crippen LogP contribution >= 0.6 is 22.6 Å². The van der Waals surface area contributed by atoms with Gasteiger partial charge in [-0.05, 0) is 47.4 Å². The topological polar surface area (TPSA) is 68.4 Å². The van der Waals surface area contributed by atoms with E-state index in [4.69, 9.17) is 0 Å². The van der Waals surface area contributed by atoms with Crippen LogP contribution in [0.4, 0.5) is 0 Å². The predicted molar refractivity (Wildman–Crippen MR) is 96.6 cm³/mol. The fraction of sp³-hybridized carbons (Fsp3) is 0.562. The van der Waals surface area contributed by atoms with E-state index in [1.165, 1.54) is 4.68 Å². The molecule has 0 spiro atoms. The molecule has 6 nitrogen and oxygen atoms in total. The van der Waals surface area contributed by atoms with Gasteiger partial charge in [-0.15, -0.1) is 0 Å². The molecule has 7 heteroatoms. The van der Waals surface area contributed by atoms with Crippen molar-refractivity contribution in [2.75, 3.05) is 0 Å². The molecule has 0 saturated heterocycles. The molecule has 0 atom stereocenters. The first-order valence-corrected chi connectivity index (χ1v) is 9.01. The van der Waals surface area contributed by atoms with E-state index in [0.29, 0.717) is 11.4 Å². The van der Waals surface area contributed by atoms with Crippen LogP contribution in [0.1, 0.15) is 45.4 Å². The lowest BCUT2D eigenvalue weighted by atomic mass is 9.82. The van der Waals surface area contributed by atoms with Crippen LogP contribution in [0, 0.1) is 9.49 Å². The Bertz CT molecular complexity index is 802. The third kappa shape index (κ3) is 3.29. The highest BCUT2D eigenvalue weighted by molar-refractivity contribution is 14.1. The van der Waals surface area contributed by atoms with Crippen LogP contribution in [-0.4, -0.2) is 26.1 Å². The number of rotatable bonds is 4. The van der Waals surface area contributed by atoms with Gasteiger partial charge in [-0.1, -0.05) is 20.8 Å². The molecular weight excluding hydrogens is 407 g/mol. The van der Waals surface area contributed by atoms with E-state index < -0.39 is 0 Å². The molecule has 2 aromatic rings. The van der Waals surface area contributed by atoms with Crippen molar-refractivity contribution >= 4 is 34.0 Å². The Hall–Kier alpha value is -1.38. The first-order chi connectivity index (χ1) is 10.8. The molecule has 0 aromatic carbocycles. The molecule has 1 aliphatic rings. The van der Waals surface area contributed by atoms with E-state index in [0.717, 1.165) is 22.2 Å². The number of aromatic nitrogens is 3. The van der Waals surface area contributed by atoms with Crippen molar-refractivity contribution in [1.82, 2.24) is 19.5 Å². The lowest BCUT2D eigenvalue weighted by Crippen LogP contribution is -2.45. The maximum absolute atomic E-state index is 12.6. The van der Waals surface area contributed by atoms with Gasteiger partial charge >= 0.3 is 0 Å². The lowest BCUT2D eigenvalue weighted by Gasteiger charge is -2.33. The third-order valence-corrected chi connectivity index (χ3v) is 4.85.